The van der Waals surface area contributed by atoms with Crippen molar-refractivity contribution < 1.29 is 27.2 Å². The molecule has 2 N–H and O–H groups in total. The molecule has 1 fully saturated rings. The van der Waals surface area contributed by atoms with Gasteiger partial charge in [-0.25, -0.2) is 9.56 Å². The van der Waals surface area contributed by atoms with Crippen molar-refractivity contribution in [3.8, 4) is 0 Å². The number of hydrogen-bond acceptors (Lipinski definition) is 6. The maximum Gasteiger partial charge on any atom is 0.394 e. The number of anilines is 2. The highest BCUT2D eigenvalue weighted by Crippen LogP contribution is 2.25. The van der Waals surface area contributed by atoms with Crippen molar-refractivity contribution in [2.24, 2.45) is 0 Å². The third-order valence-corrected chi connectivity index (χ3v) is 5.03. The van der Waals surface area contributed by atoms with E-state index in [0.29, 0.717) is 30.4 Å². The molecule has 1 aliphatic carbocycles. The number of rotatable bonds is 9. The second-order valence-electron chi connectivity index (χ2n) is 7.48. The zero-order valence-electron chi connectivity index (χ0n) is 17.8. The molecule has 1 unspecified atom stereocenters. The molecule has 0 spiro atoms. The predicted molar refractivity (Wildman–Crippen MR) is 112 cm³/mol. The third-order valence-electron chi connectivity index (χ3n) is 5.03. The van der Waals surface area contributed by atoms with E-state index in [-0.39, 0.29) is 17.7 Å². The monoisotopic (exact) mass is 440 g/mol. The van der Waals surface area contributed by atoms with Gasteiger partial charge in [-0.3, -0.25) is 0 Å². The number of alkyl halides is 3. The topological polar surface area (TPSA) is 71.3 Å². The van der Waals surface area contributed by atoms with E-state index in [4.69, 9.17) is 9.47 Å². The number of nitrogens with zero attached hydrogens (tertiary/aromatic N) is 3. The Morgan fingerprint density at radius 3 is 2.71 bits per heavy atom. The van der Waals surface area contributed by atoms with Crippen LogP contribution in [0.4, 0.5) is 24.9 Å². The van der Waals surface area contributed by atoms with Crippen molar-refractivity contribution in [1.29, 1.82) is 0 Å². The number of methoxy groups -OCH3 is 1. The summed E-state index contributed by atoms with van der Waals surface area (Å²) in [5.41, 5.74) is -0.101. The summed E-state index contributed by atoms with van der Waals surface area (Å²) < 4.78 is 52.0. The first-order valence-corrected chi connectivity index (χ1v) is 10.4. The molecule has 0 bridgehead atoms. The van der Waals surface area contributed by atoms with E-state index in [1.54, 1.807) is 20.2 Å². The smallest absolute Gasteiger partial charge is 0.394 e. The Morgan fingerprint density at radius 2 is 2.03 bits per heavy atom. The molecule has 0 saturated carbocycles. The summed E-state index contributed by atoms with van der Waals surface area (Å²) in [4.78, 5) is 8.26. The first-order chi connectivity index (χ1) is 14.9. The van der Waals surface area contributed by atoms with E-state index in [0.717, 1.165) is 19.5 Å². The van der Waals surface area contributed by atoms with Gasteiger partial charge in [0.2, 0.25) is 5.95 Å². The van der Waals surface area contributed by atoms with Crippen molar-refractivity contribution in [2.45, 2.75) is 44.3 Å². The van der Waals surface area contributed by atoms with E-state index < -0.39 is 12.6 Å². The van der Waals surface area contributed by atoms with Gasteiger partial charge >= 0.3 is 6.18 Å². The Hall–Kier alpha value is -2.78. The Morgan fingerprint density at radius 1 is 1.26 bits per heavy atom. The molecule has 2 heterocycles. The van der Waals surface area contributed by atoms with Gasteiger partial charge in [-0.15, -0.1) is 0 Å². The maximum atomic E-state index is 12.8. The average Bonchev–Trinajstić information content (AvgIpc) is 3.23. The quantitative estimate of drug-likeness (QED) is 0.452. The second kappa shape index (κ2) is 10.5. The SMILES string of the molecule is CNc1cc(CC(F)(F)F)nc(NC2C=CC(OC)=C(OCCC=[N+]3CCCC3)C2)n1. The lowest BCUT2D eigenvalue weighted by Gasteiger charge is -2.23. The van der Waals surface area contributed by atoms with Crippen molar-refractivity contribution in [3.63, 3.8) is 0 Å². The molecule has 0 aromatic carbocycles. The Kier molecular flexibility index (Phi) is 7.75. The summed E-state index contributed by atoms with van der Waals surface area (Å²) in [5, 5.41) is 5.86. The third kappa shape index (κ3) is 7.15. The Bertz CT molecular complexity index is 844. The molecule has 2 aliphatic rings. The van der Waals surface area contributed by atoms with Crippen LogP contribution < -0.4 is 10.6 Å². The summed E-state index contributed by atoms with van der Waals surface area (Å²) >= 11 is 0. The zero-order valence-corrected chi connectivity index (χ0v) is 17.8. The van der Waals surface area contributed by atoms with Gasteiger partial charge in [-0.2, -0.15) is 18.2 Å². The van der Waals surface area contributed by atoms with Gasteiger partial charge in [0.05, 0.1) is 38.3 Å². The first-order valence-electron chi connectivity index (χ1n) is 10.4. The van der Waals surface area contributed by atoms with Crippen molar-refractivity contribution in [1.82, 2.24) is 9.97 Å². The second-order valence-corrected chi connectivity index (χ2v) is 7.48. The zero-order chi connectivity index (χ0) is 22.3. The van der Waals surface area contributed by atoms with Gasteiger partial charge in [0, 0.05) is 32.4 Å². The van der Waals surface area contributed by atoms with Crippen molar-refractivity contribution >= 4 is 18.0 Å². The van der Waals surface area contributed by atoms with E-state index in [1.807, 2.05) is 6.08 Å². The van der Waals surface area contributed by atoms with Gasteiger partial charge in [0.25, 0.3) is 0 Å². The minimum Gasteiger partial charge on any atom is -0.493 e. The van der Waals surface area contributed by atoms with E-state index in [9.17, 15) is 13.2 Å². The number of allylic oxidation sites excluding steroid dienone is 1. The summed E-state index contributed by atoms with van der Waals surface area (Å²) in [7, 11) is 3.18. The molecule has 1 aliphatic heterocycles. The predicted octanol–water partition coefficient (Wildman–Crippen LogP) is 3.51. The molecule has 31 heavy (non-hydrogen) atoms. The maximum absolute atomic E-state index is 12.8. The molecule has 0 radical (unpaired) electrons. The lowest BCUT2D eigenvalue weighted by Crippen LogP contribution is -2.24. The first kappa shape index (κ1) is 22.9. The molecule has 1 saturated heterocycles. The van der Waals surface area contributed by atoms with Gasteiger partial charge in [0.15, 0.2) is 5.76 Å². The van der Waals surface area contributed by atoms with E-state index in [1.165, 1.54) is 18.9 Å². The number of halogens is 3. The minimum absolute atomic E-state index is 0.101. The van der Waals surface area contributed by atoms with E-state index >= 15 is 0 Å². The molecular formula is C21H29F3N5O2+. The fourth-order valence-corrected chi connectivity index (χ4v) is 3.57. The fraction of sp³-hybridized carbons (Fsp3) is 0.571. The summed E-state index contributed by atoms with van der Waals surface area (Å²) in [6.45, 7) is 2.73. The van der Waals surface area contributed by atoms with Crippen LogP contribution >= 0.6 is 0 Å². The van der Waals surface area contributed by atoms with Gasteiger partial charge in [-0.1, -0.05) is 6.08 Å². The molecule has 1 aromatic heterocycles. The largest absolute Gasteiger partial charge is 0.493 e. The Balaban J connectivity index is 1.62. The standard InChI is InChI=1S/C21H29F3N5O2/c1-25-19-13-16(14-21(22,23)24)27-20(28-19)26-15-6-7-17(30-2)18(12-15)31-11-5-10-29-8-3-4-9-29/h6-7,10,13,15H,3-5,8-9,11-12,14H2,1-2H3,(H2,25,26,27,28)/q+1. The van der Waals surface area contributed by atoms with Crippen molar-refractivity contribution in [2.75, 3.05) is 44.5 Å². The van der Waals surface area contributed by atoms with Crippen molar-refractivity contribution in [3.05, 3.63) is 35.4 Å². The molecular weight excluding hydrogens is 411 g/mol. The molecule has 170 valence electrons. The van der Waals surface area contributed by atoms with Gasteiger partial charge in [0.1, 0.15) is 30.9 Å². The van der Waals surface area contributed by atoms with Gasteiger partial charge in [-0.05, 0) is 6.08 Å². The molecule has 0 amide bonds. The molecule has 1 atom stereocenters. The van der Waals surface area contributed by atoms with Crippen LogP contribution in [0.3, 0.4) is 0 Å². The molecule has 1 aromatic rings. The molecule has 10 heteroatoms. The normalized spacial score (nSPS) is 18.9. The number of hydrogen-bond donors (Lipinski definition) is 2. The number of ether oxygens (including phenoxy) is 2. The van der Waals surface area contributed by atoms with Gasteiger partial charge < -0.3 is 20.1 Å². The molecule has 7 nitrogen and oxygen atoms in total. The van der Waals surface area contributed by atoms with E-state index in [2.05, 4.69) is 31.4 Å². The van der Waals surface area contributed by atoms with Crippen LogP contribution in [-0.2, 0) is 15.9 Å². The van der Waals surface area contributed by atoms with Crippen LogP contribution in [0.15, 0.2) is 29.7 Å². The van der Waals surface area contributed by atoms with Crippen LogP contribution in [-0.4, -0.2) is 66.8 Å². The van der Waals surface area contributed by atoms with Crippen LogP contribution in [0.25, 0.3) is 0 Å². The highest BCUT2D eigenvalue weighted by Gasteiger charge is 2.29. The molecule has 3 rings (SSSR count). The highest BCUT2D eigenvalue weighted by atomic mass is 19.4. The van der Waals surface area contributed by atoms with Crippen LogP contribution in [0.2, 0.25) is 0 Å². The van der Waals surface area contributed by atoms with Crippen LogP contribution in [0.5, 0.6) is 0 Å². The summed E-state index contributed by atoms with van der Waals surface area (Å²) in [6.07, 6.45) is 4.11. The summed E-state index contributed by atoms with van der Waals surface area (Å²) in [6, 6.07) is 1.06. The lowest BCUT2D eigenvalue weighted by atomic mass is 10.1. The summed E-state index contributed by atoms with van der Waals surface area (Å²) in [5.74, 6) is 1.78. The lowest BCUT2D eigenvalue weighted by molar-refractivity contribution is -0.502. The fourth-order valence-electron chi connectivity index (χ4n) is 3.57. The number of nitrogens with one attached hydrogen (secondary N) is 2. The Labute approximate surface area is 180 Å². The van der Waals surface area contributed by atoms with Crippen LogP contribution in [0, 0.1) is 0 Å². The average molecular weight is 440 g/mol. The van der Waals surface area contributed by atoms with Crippen LogP contribution in [0.1, 0.15) is 31.4 Å². The number of aromatic nitrogens is 2. The highest BCUT2D eigenvalue weighted by molar-refractivity contribution is 5.51. The minimum atomic E-state index is -4.34.